The molecule has 1 aliphatic heterocycles. The molecule has 1 heterocycles. The van der Waals surface area contributed by atoms with Gasteiger partial charge in [0, 0.05) is 17.5 Å². The van der Waals surface area contributed by atoms with Gasteiger partial charge >= 0.3 is 5.97 Å². The van der Waals surface area contributed by atoms with Crippen molar-refractivity contribution in [2.75, 3.05) is 18.1 Å². The number of hydrogen-bond donors (Lipinski definition) is 1. The molecule has 0 bridgehead atoms. The number of benzene rings is 2. The molecular formula is C21H25NO6S. The maximum Gasteiger partial charge on any atom is 0.342 e. The first-order chi connectivity index (χ1) is 13.7. The molecule has 8 heteroatoms. The molecule has 0 radical (unpaired) electrons. The second-order valence-corrected chi connectivity index (χ2v) is 9.60. The van der Waals surface area contributed by atoms with Gasteiger partial charge in [0.2, 0.25) is 0 Å². The Labute approximate surface area is 170 Å². The Hall–Kier alpha value is -2.61. The van der Waals surface area contributed by atoms with Crippen LogP contribution in [0.2, 0.25) is 0 Å². The zero-order valence-electron chi connectivity index (χ0n) is 16.5. The molecule has 156 valence electrons. The first-order valence-electron chi connectivity index (χ1n) is 9.63. The summed E-state index contributed by atoms with van der Waals surface area (Å²) in [5, 5.41) is 11.7. The SMILES string of the molecule is CC[C@@H](C)N(C(=O)COC(=O)c1ccc2ccccc2c1O)[C@H]1CCS(=O)(=O)C1. The number of carbonyl (C=O) groups excluding carboxylic acids is 2. The Bertz CT molecular complexity index is 1030. The number of sulfone groups is 1. The van der Waals surface area contributed by atoms with Crippen LogP contribution >= 0.6 is 0 Å². The van der Waals surface area contributed by atoms with E-state index in [-0.39, 0.29) is 28.9 Å². The number of aromatic hydroxyl groups is 1. The fourth-order valence-corrected chi connectivity index (χ4v) is 5.41. The van der Waals surface area contributed by atoms with Crippen LogP contribution in [0.4, 0.5) is 0 Å². The van der Waals surface area contributed by atoms with Gasteiger partial charge in [0.05, 0.1) is 11.5 Å². The van der Waals surface area contributed by atoms with Crippen LogP contribution in [0, 0.1) is 0 Å². The third-order valence-electron chi connectivity index (χ3n) is 5.40. The Morgan fingerprint density at radius 1 is 1.24 bits per heavy atom. The van der Waals surface area contributed by atoms with Crippen molar-refractivity contribution < 1.29 is 27.9 Å². The maximum atomic E-state index is 12.8. The van der Waals surface area contributed by atoms with E-state index < -0.39 is 34.4 Å². The van der Waals surface area contributed by atoms with Gasteiger partial charge < -0.3 is 14.7 Å². The number of esters is 1. The van der Waals surface area contributed by atoms with Gasteiger partial charge in [0.25, 0.3) is 5.91 Å². The lowest BCUT2D eigenvalue weighted by Crippen LogP contribution is -2.48. The van der Waals surface area contributed by atoms with Crippen LogP contribution in [0.1, 0.15) is 37.0 Å². The highest BCUT2D eigenvalue weighted by Crippen LogP contribution is 2.29. The van der Waals surface area contributed by atoms with Crippen LogP contribution in [0.15, 0.2) is 36.4 Å². The Morgan fingerprint density at radius 3 is 2.62 bits per heavy atom. The predicted molar refractivity (Wildman–Crippen MR) is 110 cm³/mol. The summed E-state index contributed by atoms with van der Waals surface area (Å²) in [4.78, 5) is 26.7. The van der Waals surface area contributed by atoms with Crippen molar-refractivity contribution in [2.45, 2.75) is 38.8 Å². The second kappa shape index (κ2) is 8.41. The van der Waals surface area contributed by atoms with E-state index in [9.17, 15) is 23.1 Å². The zero-order valence-corrected chi connectivity index (χ0v) is 17.3. The fourth-order valence-electron chi connectivity index (χ4n) is 3.70. The molecule has 0 aromatic heterocycles. The first kappa shape index (κ1) is 21.1. The fraction of sp³-hybridized carbons (Fsp3) is 0.429. The highest BCUT2D eigenvalue weighted by Gasteiger charge is 2.36. The van der Waals surface area contributed by atoms with Crippen molar-refractivity contribution in [2.24, 2.45) is 0 Å². The summed E-state index contributed by atoms with van der Waals surface area (Å²) >= 11 is 0. The van der Waals surface area contributed by atoms with E-state index in [1.165, 1.54) is 11.0 Å². The minimum atomic E-state index is -3.15. The molecule has 1 saturated heterocycles. The lowest BCUT2D eigenvalue weighted by Gasteiger charge is -2.33. The highest BCUT2D eigenvalue weighted by atomic mass is 32.2. The summed E-state index contributed by atoms with van der Waals surface area (Å²) in [5.74, 6) is -1.44. The number of phenols is 1. The Kier molecular flexibility index (Phi) is 6.12. The third-order valence-corrected chi connectivity index (χ3v) is 7.15. The molecule has 1 fully saturated rings. The molecule has 2 aromatic carbocycles. The second-order valence-electron chi connectivity index (χ2n) is 7.37. The summed E-state index contributed by atoms with van der Waals surface area (Å²) in [6.45, 7) is 3.25. The lowest BCUT2D eigenvalue weighted by atomic mass is 10.1. The number of hydrogen-bond acceptors (Lipinski definition) is 6. The van der Waals surface area contributed by atoms with E-state index in [0.717, 1.165) is 5.39 Å². The molecule has 1 amide bonds. The quantitative estimate of drug-likeness (QED) is 0.722. The number of nitrogens with zero attached hydrogens (tertiary/aromatic N) is 1. The number of fused-ring (bicyclic) bond motifs is 1. The van der Waals surface area contributed by atoms with Crippen molar-refractivity contribution in [1.29, 1.82) is 0 Å². The summed E-state index contributed by atoms with van der Waals surface area (Å²) in [6.07, 6.45) is 1.04. The van der Waals surface area contributed by atoms with Crippen molar-refractivity contribution in [3.63, 3.8) is 0 Å². The minimum absolute atomic E-state index is 0.0185. The average Bonchev–Trinajstić information content (AvgIpc) is 3.05. The monoisotopic (exact) mass is 419 g/mol. The smallest absolute Gasteiger partial charge is 0.342 e. The van der Waals surface area contributed by atoms with Crippen molar-refractivity contribution in [3.8, 4) is 5.75 Å². The van der Waals surface area contributed by atoms with E-state index in [1.807, 2.05) is 26.0 Å². The summed E-state index contributed by atoms with van der Waals surface area (Å²) in [7, 11) is -3.15. The molecule has 1 aliphatic rings. The summed E-state index contributed by atoms with van der Waals surface area (Å²) < 4.78 is 28.8. The molecule has 2 atom stereocenters. The van der Waals surface area contributed by atoms with Gasteiger partial charge in [-0.3, -0.25) is 4.79 Å². The van der Waals surface area contributed by atoms with Gasteiger partial charge in [-0.1, -0.05) is 37.3 Å². The average molecular weight is 419 g/mol. The number of rotatable bonds is 6. The first-order valence-corrected chi connectivity index (χ1v) is 11.4. The van der Waals surface area contributed by atoms with Gasteiger partial charge in [-0.15, -0.1) is 0 Å². The molecule has 0 aliphatic carbocycles. The number of phenolic OH excluding ortho intramolecular Hbond substituents is 1. The van der Waals surface area contributed by atoms with Crippen LogP contribution in [0.25, 0.3) is 10.8 Å². The van der Waals surface area contributed by atoms with E-state index in [4.69, 9.17) is 4.74 Å². The van der Waals surface area contributed by atoms with Crippen LogP contribution in [0.5, 0.6) is 5.75 Å². The van der Waals surface area contributed by atoms with Crippen molar-refractivity contribution in [1.82, 2.24) is 4.90 Å². The maximum absolute atomic E-state index is 12.8. The van der Waals surface area contributed by atoms with Gasteiger partial charge in [0.15, 0.2) is 16.4 Å². The largest absolute Gasteiger partial charge is 0.506 e. The molecule has 0 spiro atoms. The van der Waals surface area contributed by atoms with E-state index >= 15 is 0 Å². The molecule has 3 rings (SSSR count). The van der Waals surface area contributed by atoms with Crippen molar-refractivity contribution >= 4 is 32.5 Å². The van der Waals surface area contributed by atoms with Crippen LogP contribution in [0.3, 0.4) is 0 Å². The molecule has 29 heavy (non-hydrogen) atoms. The molecule has 1 N–H and O–H groups in total. The van der Waals surface area contributed by atoms with E-state index in [1.54, 1.807) is 18.2 Å². The predicted octanol–water partition coefficient (Wildman–Crippen LogP) is 2.52. The molecule has 0 saturated carbocycles. The van der Waals surface area contributed by atoms with E-state index in [2.05, 4.69) is 0 Å². The molecule has 7 nitrogen and oxygen atoms in total. The van der Waals surface area contributed by atoms with Crippen LogP contribution in [-0.2, 0) is 19.4 Å². The Morgan fingerprint density at radius 2 is 1.97 bits per heavy atom. The number of ether oxygens (including phenoxy) is 1. The minimum Gasteiger partial charge on any atom is -0.506 e. The van der Waals surface area contributed by atoms with Crippen molar-refractivity contribution in [3.05, 3.63) is 42.0 Å². The standard InChI is InChI=1S/C21H25NO6S/c1-3-14(2)22(16-10-11-29(26,27)13-16)19(23)12-28-21(25)18-9-8-15-6-4-5-7-17(15)20(18)24/h4-9,14,16,24H,3,10-13H2,1-2H3/t14-,16+/m1/s1. The molecular weight excluding hydrogens is 394 g/mol. The number of amides is 1. The van der Waals surface area contributed by atoms with Crippen LogP contribution < -0.4 is 0 Å². The molecule has 0 unspecified atom stereocenters. The lowest BCUT2D eigenvalue weighted by molar-refractivity contribution is -0.138. The van der Waals surface area contributed by atoms with Gasteiger partial charge in [-0.2, -0.15) is 0 Å². The van der Waals surface area contributed by atoms with Gasteiger partial charge in [-0.25, -0.2) is 13.2 Å². The summed E-state index contributed by atoms with van der Waals surface area (Å²) in [6, 6.07) is 9.66. The third kappa shape index (κ3) is 4.53. The number of carbonyl (C=O) groups is 2. The summed E-state index contributed by atoms with van der Waals surface area (Å²) in [5.41, 5.74) is -0.0185. The van der Waals surface area contributed by atoms with Crippen LogP contribution in [-0.4, -0.2) is 60.5 Å². The van der Waals surface area contributed by atoms with Gasteiger partial charge in [-0.05, 0) is 31.2 Å². The Balaban J connectivity index is 1.73. The topological polar surface area (TPSA) is 101 Å². The van der Waals surface area contributed by atoms with E-state index in [0.29, 0.717) is 18.2 Å². The normalized spacial score (nSPS) is 19.0. The molecule has 2 aromatic rings. The van der Waals surface area contributed by atoms with Gasteiger partial charge in [0.1, 0.15) is 11.3 Å². The zero-order chi connectivity index (χ0) is 21.2. The highest BCUT2D eigenvalue weighted by molar-refractivity contribution is 7.91.